The van der Waals surface area contributed by atoms with Crippen LogP contribution >= 0.6 is 11.6 Å². The van der Waals surface area contributed by atoms with Crippen molar-refractivity contribution in [1.29, 1.82) is 0 Å². The van der Waals surface area contributed by atoms with Gasteiger partial charge in [-0.05, 0) is 36.8 Å². The van der Waals surface area contributed by atoms with E-state index in [2.05, 4.69) is 10.0 Å². The van der Waals surface area contributed by atoms with Crippen LogP contribution in [0.25, 0.3) is 0 Å². The van der Waals surface area contributed by atoms with Gasteiger partial charge in [0, 0.05) is 49.9 Å². The maximum absolute atomic E-state index is 12.5. The zero-order chi connectivity index (χ0) is 22.3. The third-order valence-electron chi connectivity index (χ3n) is 4.90. The fraction of sp³-hybridized carbons (Fsp3) is 0.333. The molecule has 1 saturated heterocycles. The van der Waals surface area contributed by atoms with Crippen molar-refractivity contribution in [1.82, 2.24) is 14.5 Å². The van der Waals surface area contributed by atoms with Gasteiger partial charge in [0.2, 0.25) is 15.9 Å². The summed E-state index contributed by atoms with van der Waals surface area (Å²) in [4.78, 5) is 28.5. The second kappa shape index (κ2) is 10.6. The van der Waals surface area contributed by atoms with Crippen molar-refractivity contribution in [3.05, 3.63) is 59.6 Å². The number of carbonyl (C=O) groups is 2. The lowest BCUT2D eigenvalue weighted by molar-refractivity contribution is -0.130. The number of halogens is 1. The first-order chi connectivity index (χ1) is 14.8. The second-order valence-electron chi connectivity index (χ2n) is 7.12. The summed E-state index contributed by atoms with van der Waals surface area (Å²) in [5.41, 5.74) is 0.611. The first-order valence-electron chi connectivity index (χ1n) is 9.99. The van der Waals surface area contributed by atoms with Gasteiger partial charge in [0.1, 0.15) is 0 Å². The molecule has 1 aliphatic heterocycles. The quantitative estimate of drug-likeness (QED) is 0.686. The number of rotatable bonds is 6. The molecule has 2 N–H and O–H groups in total. The molecule has 2 aromatic carbocycles. The minimum absolute atomic E-state index is 0.0194. The molecule has 0 aliphatic carbocycles. The lowest BCUT2D eigenvalue weighted by atomic mass is 10.3. The summed E-state index contributed by atoms with van der Waals surface area (Å²) in [6.07, 6.45) is 0.700. The van der Waals surface area contributed by atoms with Gasteiger partial charge in [-0.3, -0.25) is 4.79 Å². The van der Waals surface area contributed by atoms with Crippen LogP contribution in [0, 0.1) is 0 Å². The molecule has 3 amide bonds. The van der Waals surface area contributed by atoms with Crippen LogP contribution in [0.4, 0.5) is 10.5 Å². The summed E-state index contributed by atoms with van der Waals surface area (Å²) in [6, 6.07) is 14.7. The van der Waals surface area contributed by atoms with Crippen LogP contribution in [-0.2, 0) is 14.8 Å². The topological polar surface area (TPSA) is 98.8 Å². The fourth-order valence-corrected chi connectivity index (χ4v) is 4.52. The van der Waals surface area contributed by atoms with E-state index in [0.29, 0.717) is 43.3 Å². The van der Waals surface area contributed by atoms with Gasteiger partial charge in [0.15, 0.2) is 0 Å². The highest BCUT2D eigenvalue weighted by Crippen LogP contribution is 2.16. The first-order valence-corrected chi connectivity index (χ1v) is 11.9. The number of hydrogen-bond donors (Lipinski definition) is 2. The van der Waals surface area contributed by atoms with E-state index >= 15 is 0 Å². The van der Waals surface area contributed by atoms with Gasteiger partial charge in [0.05, 0.1) is 4.90 Å². The Bertz CT molecular complexity index is 1020. The van der Waals surface area contributed by atoms with Crippen molar-refractivity contribution >= 4 is 39.2 Å². The molecule has 166 valence electrons. The summed E-state index contributed by atoms with van der Waals surface area (Å²) in [5.74, 6) is -0.145. The Morgan fingerprint density at radius 1 is 0.935 bits per heavy atom. The van der Waals surface area contributed by atoms with Gasteiger partial charge in [-0.15, -0.1) is 0 Å². The largest absolute Gasteiger partial charge is 0.341 e. The average Bonchev–Trinajstić information content (AvgIpc) is 3.01. The number of amides is 3. The molecule has 2 aromatic rings. The first kappa shape index (κ1) is 23.1. The van der Waals surface area contributed by atoms with Crippen molar-refractivity contribution in [2.75, 3.05) is 38.0 Å². The zero-order valence-corrected chi connectivity index (χ0v) is 18.5. The molecule has 0 spiro atoms. The van der Waals surface area contributed by atoms with E-state index in [1.54, 1.807) is 52.3 Å². The molecule has 3 rings (SSSR count). The third kappa shape index (κ3) is 6.68. The van der Waals surface area contributed by atoms with Crippen molar-refractivity contribution in [3.63, 3.8) is 0 Å². The smallest absolute Gasteiger partial charge is 0.321 e. The van der Waals surface area contributed by atoms with E-state index in [0.717, 1.165) is 0 Å². The minimum atomic E-state index is -3.64. The molecule has 31 heavy (non-hydrogen) atoms. The average molecular weight is 465 g/mol. The van der Waals surface area contributed by atoms with Crippen molar-refractivity contribution in [2.45, 2.75) is 17.7 Å². The minimum Gasteiger partial charge on any atom is -0.341 e. The molecular weight excluding hydrogens is 440 g/mol. The molecule has 0 aromatic heterocycles. The summed E-state index contributed by atoms with van der Waals surface area (Å²) >= 11 is 5.95. The Labute approximate surface area is 187 Å². The number of benzene rings is 2. The summed E-state index contributed by atoms with van der Waals surface area (Å²) < 4.78 is 26.9. The Hall–Kier alpha value is -2.62. The van der Waals surface area contributed by atoms with Gasteiger partial charge in [-0.25, -0.2) is 17.9 Å². The predicted octanol–water partition coefficient (Wildman–Crippen LogP) is 2.77. The van der Waals surface area contributed by atoms with E-state index in [9.17, 15) is 18.0 Å². The molecular formula is C21H25ClN4O4S. The summed E-state index contributed by atoms with van der Waals surface area (Å²) in [7, 11) is -3.64. The van der Waals surface area contributed by atoms with Crippen LogP contribution < -0.4 is 10.0 Å². The molecule has 1 aliphatic rings. The van der Waals surface area contributed by atoms with Gasteiger partial charge in [-0.1, -0.05) is 35.9 Å². The number of nitrogens with one attached hydrogen (secondary N) is 2. The number of carbonyl (C=O) groups excluding carboxylic acids is 2. The molecule has 0 saturated carbocycles. The molecule has 1 fully saturated rings. The molecule has 8 nitrogen and oxygen atoms in total. The predicted molar refractivity (Wildman–Crippen MR) is 119 cm³/mol. The van der Waals surface area contributed by atoms with Crippen LogP contribution in [0.1, 0.15) is 12.8 Å². The molecule has 0 bridgehead atoms. The fourth-order valence-electron chi connectivity index (χ4n) is 3.27. The maximum Gasteiger partial charge on any atom is 0.321 e. The lowest BCUT2D eigenvalue weighted by Crippen LogP contribution is -2.40. The van der Waals surface area contributed by atoms with Crippen molar-refractivity contribution < 1.29 is 18.0 Å². The third-order valence-corrected chi connectivity index (χ3v) is 6.61. The van der Waals surface area contributed by atoms with E-state index in [4.69, 9.17) is 11.6 Å². The number of anilines is 1. The monoisotopic (exact) mass is 464 g/mol. The van der Waals surface area contributed by atoms with Crippen LogP contribution in [0.3, 0.4) is 0 Å². The van der Waals surface area contributed by atoms with E-state index in [1.807, 2.05) is 0 Å². The van der Waals surface area contributed by atoms with Gasteiger partial charge >= 0.3 is 6.03 Å². The molecule has 1 heterocycles. The normalized spacial score (nSPS) is 14.7. The Morgan fingerprint density at radius 2 is 1.65 bits per heavy atom. The van der Waals surface area contributed by atoms with Crippen LogP contribution in [-0.4, -0.2) is 62.9 Å². The Morgan fingerprint density at radius 3 is 2.39 bits per heavy atom. The lowest BCUT2D eigenvalue weighted by Gasteiger charge is -2.22. The maximum atomic E-state index is 12.5. The van der Waals surface area contributed by atoms with Crippen molar-refractivity contribution in [2.24, 2.45) is 0 Å². The van der Waals surface area contributed by atoms with E-state index in [-0.39, 0.29) is 29.8 Å². The second-order valence-corrected chi connectivity index (χ2v) is 9.33. The summed E-state index contributed by atoms with van der Waals surface area (Å²) in [5, 5.41) is 3.35. The Balaban J connectivity index is 1.46. The van der Waals surface area contributed by atoms with Crippen LogP contribution in [0.5, 0.6) is 0 Å². The van der Waals surface area contributed by atoms with E-state index in [1.165, 1.54) is 12.1 Å². The van der Waals surface area contributed by atoms with Crippen molar-refractivity contribution in [3.8, 4) is 0 Å². The molecule has 0 radical (unpaired) electrons. The SMILES string of the molecule is O=C(CCNS(=O)(=O)c1ccccc1)N1CCCN(C(=O)Nc2cccc(Cl)c2)CC1. The number of sulfonamides is 1. The van der Waals surface area contributed by atoms with Gasteiger partial charge in [0.25, 0.3) is 0 Å². The summed E-state index contributed by atoms with van der Waals surface area (Å²) in [6.45, 7) is 1.86. The zero-order valence-electron chi connectivity index (χ0n) is 17.0. The van der Waals surface area contributed by atoms with Gasteiger partial charge in [-0.2, -0.15) is 0 Å². The Kier molecular flexibility index (Phi) is 7.89. The highest BCUT2D eigenvalue weighted by molar-refractivity contribution is 7.89. The van der Waals surface area contributed by atoms with Crippen LogP contribution in [0.15, 0.2) is 59.5 Å². The standard InChI is InChI=1S/C21H25ClN4O4S/c22-17-6-4-7-18(16-17)24-21(28)26-13-5-12-25(14-15-26)20(27)10-11-23-31(29,30)19-8-2-1-3-9-19/h1-4,6-9,16,23H,5,10-15H2,(H,24,28). The highest BCUT2D eigenvalue weighted by atomic mass is 35.5. The number of nitrogens with zero attached hydrogens (tertiary/aromatic N) is 2. The van der Waals surface area contributed by atoms with E-state index < -0.39 is 10.0 Å². The van der Waals surface area contributed by atoms with Crippen LogP contribution in [0.2, 0.25) is 5.02 Å². The number of hydrogen-bond acceptors (Lipinski definition) is 4. The molecule has 10 heteroatoms. The molecule has 0 unspecified atom stereocenters. The highest BCUT2D eigenvalue weighted by Gasteiger charge is 2.22. The van der Waals surface area contributed by atoms with Gasteiger partial charge < -0.3 is 15.1 Å². The number of urea groups is 1. The molecule has 0 atom stereocenters.